The fourth-order valence-corrected chi connectivity index (χ4v) is 12.6. The quantitative estimate of drug-likeness (QED) is 0.0139. The van der Waals surface area contributed by atoms with Gasteiger partial charge in [0.05, 0.1) is 70.5 Å². The van der Waals surface area contributed by atoms with E-state index in [0.29, 0.717) is 192 Å². The molecule has 0 unspecified atom stereocenters. The molecule has 0 spiro atoms. The minimum atomic E-state index is -0.920. The van der Waals surface area contributed by atoms with Crippen molar-refractivity contribution < 1.29 is 86.1 Å². The van der Waals surface area contributed by atoms with Crippen molar-refractivity contribution >= 4 is 82.6 Å². The van der Waals surface area contributed by atoms with Crippen molar-refractivity contribution in [2.75, 3.05) is 111 Å². The molecule has 540 valence electrons. The van der Waals surface area contributed by atoms with Gasteiger partial charge in [-0.1, -0.05) is 26.7 Å². The molecule has 1 aliphatic carbocycles. The normalized spacial score (nSPS) is 18.5. The summed E-state index contributed by atoms with van der Waals surface area (Å²) in [5.41, 5.74) is -0.130. The van der Waals surface area contributed by atoms with Crippen molar-refractivity contribution in [2.45, 2.75) is 210 Å². The molecular formula is C65H106N12O18S. The molecular weight excluding hydrogens is 1270 g/mol. The summed E-state index contributed by atoms with van der Waals surface area (Å²) in [5, 5.41) is 35.0. The Morgan fingerprint density at radius 2 is 1.02 bits per heavy atom. The lowest BCUT2D eigenvalue weighted by Gasteiger charge is -2.30. The average molecular weight is 1380 g/mol. The summed E-state index contributed by atoms with van der Waals surface area (Å²) in [6.07, 6.45) is 9.76. The van der Waals surface area contributed by atoms with E-state index in [2.05, 4.69) is 58.1 Å². The van der Waals surface area contributed by atoms with Gasteiger partial charge in [0.15, 0.2) is 17.2 Å². The van der Waals surface area contributed by atoms with Crippen molar-refractivity contribution in [2.24, 2.45) is 15.6 Å². The molecule has 4 aliphatic heterocycles. The highest BCUT2D eigenvalue weighted by molar-refractivity contribution is 8.00. The predicted octanol–water partition coefficient (Wildman–Crippen LogP) is 3.08. The first kappa shape index (κ1) is 80.0. The smallest absolute Gasteiger partial charge is 0.333 e. The number of hydrogen-bond donors (Lipinski definition) is 9. The van der Waals surface area contributed by atoms with Crippen LogP contribution >= 0.6 is 11.8 Å². The van der Waals surface area contributed by atoms with E-state index >= 15 is 0 Å². The number of amides is 10. The Bertz CT molecular complexity index is 2590. The summed E-state index contributed by atoms with van der Waals surface area (Å²) in [7, 11) is 0. The number of hydrogen-bond acceptors (Lipinski definition) is 22. The van der Waals surface area contributed by atoms with Gasteiger partial charge in [-0.2, -0.15) is 22.0 Å². The van der Waals surface area contributed by atoms with E-state index in [-0.39, 0.29) is 130 Å². The van der Waals surface area contributed by atoms with E-state index in [1.807, 2.05) is 32.5 Å². The Balaban J connectivity index is 0.926. The molecule has 0 aromatic heterocycles. The van der Waals surface area contributed by atoms with Crippen molar-refractivity contribution in [1.82, 2.24) is 52.9 Å². The summed E-state index contributed by atoms with van der Waals surface area (Å²) in [5.74, 6) is -2.82. The van der Waals surface area contributed by atoms with E-state index < -0.39 is 46.7 Å². The second kappa shape index (κ2) is 45.0. The van der Waals surface area contributed by atoms with Crippen LogP contribution in [0.25, 0.3) is 0 Å². The van der Waals surface area contributed by atoms with Crippen LogP contribution in [0.1, 0.15) is 181 Å². The monoisotopic (exact) mass is 1370 g/mol. The third kappa shape index (κ3) is 33.5. The number of allylic oxidation sites excluding steroid dienone is 2. The van der Waals surface area contributed by atoms with Gasteiger partial charge in [-0.3, -0.25) is 47.9 Å². The molecule has 0 aromatic carbocycles. The van der Waals surface area contributed by atoms with Gasteiger partial charge in [-0.25, -0.2) is 9.59 Å². The van der Waals surface area contributed by atoms with Crippen molar-refractivity contribution in [3.05, 3.63) is 11.3 Å². The molecule has 4 fully saturated rings. The fourth-order valence-electron chi connectivity index (χ4n) is 11.0. The molecule has 4 atom stereocenters. The lowest BCUT2D eigenvalue weighted by atomic mass is 9.73. The number of carbonyl (C=O) groups is 12. The number of carbonyl (C=O) groups excluding carboxylic acids is 12. The van der Waals surface area contributed by atoms with Gasteiger partial charge in [-0.15, -0.1) is 5.06 Å². The number of nitrogens with zero attached hydrogens (tertiary/aromatic N) is 3. The van der Waals surface area contributed by atoms with Crippen LogP contribution in [0.4, 0.5) is 4.79 Å². The van der Waals surface area contributed by atoms with Crippen molar-refractivity contribution in [3.8, 4) is 0 Å². The Labute approximate surface area is 567 Å². The van der Waals surface area contributed by atoms with Gasteiger partial charge < -0.3 is 76.4 Å². The van der Waals surface area contributed by atoms with Gasteiger partial charge >= 0.3 is 12.0 Å². The van der Waals surface area contributed by atoms with E-state index in [1.54, 1.807) is 0 Å². The summed E-state index contributed by atoms with van der Waals surface area (Å²) >= 11 is 1.88. The number of thioether (sulfide) groups is 1. The molecule has 0 aromatic rings. The topological polar surface area (TPSA) is 396 Å². The molecule has 30 nitrogen and oxygen atoms in total. The minimum Gasteiger partial charge on any atom is -0.385 e. The number of Topliss-reactive ketones (excluding diaryl/α,β-unsaturated/α-hetero) is 2. The second-order valence-corrected chi connectivity index (χ2v) is 26.8. The molecule has 5 aliphatic rings. The minimum absolute atomic E-state index is 0.00452. The fraction of sp³-hybridized carbons (Fsp3) is 0.785. The first-order valence-electron chi connectivity index (χ1n) is 34.5. The number of ketones is 2. The number of hydroxylamine groups is 2. The molecule has 4 heterocycles. The van der Waals surface area contributed by atoms with Gasteiger partial charge in [0.2, 0.25) is 35.4 Å². The van der Waals surface area contributed by atoms with Crippen LogP contribution in [-0.2, 0) is 81.3 Å². The van der Waals surface area contributed by atoms with Crippen LogP contribution in [0.15, 0.2) is 21.5 Å². The lowest BCUT2D eigenvalue weighted by molar-refractivity contribution is -0.197. The maximum absolute atomic E-state index is 13.5. The highest BCUT2D eigenvalue weighted by atomic mass is 32.2. The molecule has 5 rings (SSSR count). The molecule has 0 radical (unpaired) electrons. The number of fused-ring (bicyclic) bond motifs is 1. The van der Waals surface area contributed by atoms with Gasteiger partial charge in [0.25, 0.3) is 11.8 Å². The number of nitrogens with one attached hydrogen (secondary N) is 9. The standard InChI is InChI=1S/C65H106N12O18S/c1-64(2)43-49(78)60(50(79)44-64)46(66-31-35-92-39-40-93-36-32-70-55(83)25-26-65(3)75-76-65)15-6-8-18-52(80)67-28-12-10-16-47(72-56(84)22-21-54(82)68-27-11-4-5-20-59(87)95-77-57(85)23-24-58(77)86)62(88)71-30-14-34-91-38-42-94-41-37-90-33-13-29-69-53(81)19-9-7-17-51-61-48(45-96-51)73-63(89)74-61/h47-48,51,61,66H,4-45H2,1-3H3,(H,67,80)(H,68,82)(H,69,81)(H,70,83)(H,71,88)(H,72,84)(H2,73,74,89)/t47-,48-,51-,61-/m0/s1. The molecule has 31 heteroatoms. The Kier molecular flexibility index (Phi) is 37.5. The number of rotatable bonds is 54. The molecule has 3 saturated heterocycles. The zero-order valence-corrected chi connectivity index (χ0v) is 57.4. The van der Waals surface area contributed by atoms with Gasteiger partial charge in [-0.05, 0) is 89.4 Å². The zero-order valence-electron chi connectivity index (χ0n) is 56.6. The number of urea groups is 1. The largest absolute Gasteiger partial charge is 0.385 e. The van der Waals surface area contributed by atoms with E-state index in [4.69, 9.17) is 28.5 Å². The maximum atomic E-state index is 13.5. The average Bonchev–Trinajstić information content (AvgIpc) is 0.976. The van der Waals surface area contributed by atoms with Gasteiger partial charge in [0.1, 0.15) is 6.04 Å². The molecule has 0 bridgehead atoms. The maximum Gasteiger partial charge on any atom is 0.333 e. The summed E-state index contributed by atoms with van der Waals surface area (Å²) < 4.78 is 28.2. The van der Waals surface area contributed by atoms with Crippen molar-refractivity contribution in [1.29, 1.82) is 0 Å². The van der Waals surface area contributed by atoms with E-state index in [9.17, 15) is 57.5 Å². The number of unbranched alkanes of at least 4 members (excludes halogenated alkanes) is 5. The zero-order chi connectivity index (χ0) is 69.4. The molecule has 1 saturated carbocycles. The number of ether oxygens (including phenoxy) is 5. The SMILES string of the molecule is CC1(C)CC(=O)C(=C(CCCCC(=O)NCCCC[C@H](NC(=O)CCC(=O)NCCCCCC(=O)ON2C(=O)CCC2=O)C(=O)NCCCOCCOCCOCCCNC(=O)CCCC[C@@H]2SC[C@@H]3NC(=O)N[C@@H]32)NCCOCCOCCNC(=O)CCC2(C)N=N2)C(=O)C1. The van der Waals surface area contributed by atoms with E-state index in [1.165, 1.54) is 0 Å². The first-order chi connectivity index (χ1) is 46.2. The third-order valence-corrected chi connectivity index (χ3v) is 17.9. The Hall–Kier alpha value is -6.67. The highest BCUT2D eigenvalue weighted by Gasteiger charge is 2.43. The van der Waals surface area contributed by atoms with Crippen LogP contribution < -0.4 is 47.9 Å². The third-order valence-electron chi connectivity index (χ3n) is 16.4. The van der Waals surface area contributed by atoms with Crippen LogP contribution in [0.5, 0.6) is 0 Å². The lowest BCUT2D eigenvalue weighted by Crippen LogP contribution is -2.47. The Morgan fingerprint density at radius 1 is 0.521 bits per heavy atom. The van der Waals surface area contributed by atoms with Crippen molar-refractivity contribution in [3.63, 3.8) is 0 Å². The van der Waals surface area contributed by atoms with Crippen LogP contribution in [0, 0.1) is 5.41 Å². The summed E-state index contributed by atoms with van der Waals surface area (Å²) in [6, 6.07) is -0.630. The molecule has 9 N–H and O–H groups in total. The number of imide groups is 1. The second-order valence-electron chi connectivity index (χ2n) is 25.6. The molecule has 96 heavy (non-hydrogen) atoms. The van der Waals surface area contributed by atoms with Gasteiger partial charge in [0, 0.05) is 140 Å². The predicted molar refractivity (Wildman–Crippen MR) is 352 cm³/mol. The first-order valence-corrected chi connectivity index (χ1v) is 35.5. The van der Waals surface area contributed by atoms with Crippen LogP contribution in [0.2, 0.25) is 0 Å². The van der Waals surface area contributed by atoms with Crippen LogP contribution in [0.3, 0.4) is 0 Å². The summed E-state index contributed by atoms with van der Waals surface area (Å²) in [4.78, 5) is 155. The Morgan fingerprint density at radius 3 is 1.65 bits per heavy atom. The van der Waals surface area contributed by atoms with Crippen LogP contribution in [-0.4, -0.2) is 216 Å². The summed E-state index contributed by atoms with van der Waals surface area (Å²) in [6.45, 7) is 11.3. The van der Waals surface area contributed by atoms with E-state index in [0.717, 1.165) is 25.0 Å². The molecule has 10 amide bonds. The highest BCUT2D eigenvalue weighted by Crippen LogP contribution is 2.36.